The third kappa shape index (κ3) is 3.12. The molecular weight excluding hydrogens is 294 g/mol. The number of fused-ring (bicyclic) bond motifs is 1. The van der Waals surface area contributed by atoms with Crippen molar-refractivity contribution in [2.24, 2.45) is 0 Å². The van der Waals surface area contributed by atoms with Crippen LogP contribution in [0.2, 0.25) is 0 Å². The Morgan fingerprint density at radius 3 is 3.00 bits per heavy atom. The zero-order valence-corrected chi connectivity index (χ0v) is 13.3. The van der Waals surface area contributed by atoms with Gasteiger partial charge in [-0.3, -0.25) is 0 Å². The Kier molecular flexibility index (Phi) is 3.82. The van der Waals surface area contributed by atoms with E-state index >= 15 is 0 Å². The maximum Gasteiger partial charge on any atom is 0.147 e. The van der Waals surface area contributed by atoms with Crippen molar-refractivity contribution in [3.05, 3.63) is 24.0 Å². The summed E-state index contributed by atoms with van der Waals surface area (Å²) in [6.45, 7) is 6.02. The fourth-order valence-corrected chi connectivity index (χ4v) is 3.15. The number of nitrogens with zero attached hydrogens (tertiary/aromatic N) is 6. The van der Waals surface area contributed by atoms with Gasteiger partial charge >= 0.3 is 0 Å². The lowest BCUT2D eigenvalue weighted by Gasteiger charge is -2.28. The zero-order valence-electron chi connectivity index (χ0n) is 13.3. The highest BCUT2D eigenvalue weighted by Gasteiger charge is 2.21. The van der Waals surface area contributed by atoms with Crippen molar-refractivity contribution in [3.8, 4) is 0 Å². The summed E-state index contributed by atoms with van der Waals surface area (Å²) in [5.41, 5.74) is 0. The standard InChI is InChI=1S/C15H21N7O/c1-11-18-14-3-2-12(9-22(14)20-11)19-13-8-15(17-10-16-13)21-4-6-23-7-5-21/h8,10,12H,2-7,9H2,1H3,(H,16,17,19). The quantitative estimate of drug-likeness (QED) is 0.890. The highest BCUT2D eigenvalue weighted by Crippen LogP contribution is 2.19. The Labute approximate surface area is 134 Å². The van der Waals surface area contributed by atoms with E-state index in [9.17, 15) is 0 Å². The van der Waals surface area contributed by atoms with E-state index in [-0.39, 0.29) is 0 Å². The van der Waals surface area contributed by atoms with Gasteiger partial charge in [-0.1, -0.05) is 0 Å². The molecule has 1 fully saturated rings. The summed E-state index contributed by atoms with van der Waals surface area (Å²) in [7, 11) is 0. The van der Waals surface area contributed by atoms with Crippen molar-refractivity contribution < 1.29 is 4.74 Å². The molecule has 0 spiro atoms. The van der Waals surface area contributed by atoms with Crippen LogP contribution >= 0.6 is 0 Å². The number of hydrogen-bond donors (Lipinski definition) is 1. The van der Waals surface area contributed by atoms with E-state index in [0.717, 1.165) is 69.0 Å². The fraction of sp³-hybridized carbons (Fsp3) is 0.600. The third-order valence-corrected chi connectivity index (χ3v) is 4.30. The van der Waals surface area contributed by atoms with Crippen LogP contribution in [-0.2, 0) is 17.7 Å². The maximum absolute atomic E-state index is 5.39. The lowest BCUT2D eigenvalue weighted by molar-refractivity contribution is 0.122. The molecule has 0 amide bonds. The Hall–Kier alpha value is -2.22. The molecular formula is C15H21N7O. The summed E-state index contributed by atoms with van der Waals surface area (Å²) in [5.74, 6) is 3.75. The fourth-order valence-electron chi connectivity index (χ4n) is 3.15. The van der Waals surface area contributed by atoms with E-state index in [1.807, 2.05) is 17.7 Å². The molecule has 2 aromatic rings. The molecule has 23 heavy (non-hydrogen) atoms. The molecule has 8 heteroatoms. The molecule has 2 aliphatic rings. The van der Waals surface area contributed by atoms with Crippen LogP contribution in [0.1, 0.15) is 18.1 Å². The first-order valence-electron chi connectivity index (χ1n) is 8.09. The van der Waals surface area contributed by atoms with Crippen molar-refractivity contribution in [1.82, 2.24) is 24.7 Å². The molecule has 8 nitrogen and oxygen atoms in total. The summed E-state index contributed by atoms with van der Waals surface area (Å²) >= 11 is 0. The number of anilines is 2. The number of aryl methyl sites for hydroxylation is 2. The van der Waals surface area contributed by atoms with Crippen LogP contribution in [0.15, 0.2) is 12.4 Å². The molecule has 1 atom stereocenters. The number of aromatic nitrogens is 5. The first-order chi connectivity index (χ1) is 11.3. The van der Waals surface area contributed by atoms with E-state index < -0.39 is 0 Å². The van der Waals surface area contributed by atoms with Gasteiger partial charge in [0, 0.05) is 31.6 Å². The SMILES string of the molecule is Cc1nc2n(n1)CC(Nc1cc(N3CCOCC3)ncn1)CC2. The molecule has 0 saturated carbocycles. The minimum Gasteiger partial charge on any atom is -0.378 e. The predicted octanol–water partition coefficient (Wildman–Crippen LogP) is 0.640. The van der Waals surface area contributed by atoms with Crippen LogP contribution in [0.5, 0.6) is 0 Å². The molecule has 4 rings (SSSR count). The van der Waals surface area contributed by atoms with Gasteiger partial charge in [-0.25, -0.2) is 19.6 Å². The molecule has 4 heterocycles. The molecule has 2 aromatic heterocycles. The number of rotatable bonds is 3. The first kappa shape index (κ1) is 14.4. The monoisotopic (exact) mass is 315 g/mol. The van der Waals surface area contributed by atoms with E-state index in [1.165, 1.54) is 0 Å². The second kappa shape index (κ2) is 6.11. The van der Waals surface area contributed by atoms with Crippen LogP contribution in [0, 0.1) is 6.92 Å². The average Bonchev–Trinajstić information content (AvgIpc) is 2.95. The highest BCUT2D eigenvalue weighted by atomic mass is 16.5. The van der Waals surface area contributed by atoms with Crippen LogP contribution in [-0.4, -0.2) is 57.1 Å². The van der Waals surface area contributed by atoms with Crippen LogP contribution in [0.4, 0.5) is 11.6 Å². The van der Waals surface area contributed by atoms with Gasteiger partial charge in [-0.05, 0) is 13.3 Å². The second-order valence-electron chi connectivity index (χ2n) is 6.00. The molecule has 2 aliphatic heterocycles. The second-order valence-corrected chi connectivity index (χ2v) is 6.00. The van der Waals surface area contributed by atoms with Crippen molar-refractivity contribution in [3.63, 3.8) is 0 Å². The van der Waals surface area contributed by atoms with Crippen molar-refractivity contribution in [2.75, 3.05) is 36.5 Å². The summed E-state index contributed by atoms with van der Waals surface area (Å²) in [4.78, 5) is 15.4. The highest BCUT2D eigenvalue weighted by molar-refractivity contribution is 5.49. The van der Waals surface area contributed by atoms with Gasteiger partial charge in [0.2, 0.25) is 0 Å². The molecule has 0 aromatic carbocycles. The van der Waals surface area contributed by atoms with Crippen LogP contribution in [0.25, 0.3) is 0 Å². The maximum atomic E-state index is 5.39. The summed E-state index contributed by atoms with van der Waals surface area (Å²) in [6, 6.07) is 2.34. The molecule has 1 N–H and O–H groups in total. The average molecular weight is 315 g/mol. The van der Waals surface area contributed by atoms with Gasteiger partial charge in [0.05, 0.1) is 19.8 Å². The van der Waals surface area contributed by atoms with Crippen LogP contribution in [0.3, 0.4) is 0 Å². The third-order valence-electron chi connectivity index (χ3n) is 4.30. The topological polar surface area (TPSA) is 81.0 Å². The number of hydrogen-bond acceptors (Lipinski definition) is 7. The smallest absolute Gasteiger partial charge is 0.147 e. The summed E-state index contributed by atoms with van der Waals surface area (Å²) in [6.07, 6.45) is 3.61. The van der Waals surface area contributed by atoms with E-state index in [2.05, 4.69) is 30.3 Å². The van der Waals surface area contributed by atoms with Crippen molar-refractivity contribution >= 4 is 11.6 Å². The molecule has 0 bridgehead atoms. The van der Waals surface area contributed by atoms with Gasteiger partial charge < -0.3 is 15.0 Å². The normalized spacial score (nSPS) is 21.1. The van der Waals surface area contributed by atoms with Crippen LogP contribution < -0.4 is 10.2 Å². The summed E-state index contributed by atoms with van der Waals surface area (Å²) < 4.78 is 7.39. The molecule has 0 radical (unpaired) electrons. The van der Waals surface area contributed by atoms with Gasteiger partial charge in [0.1, 0.15) is 29.6 Å². The van der Waals surface area contributed by atoms with Crippen molar-refractivity contribution in [2.45, 2.75) is 32.4 Å². The summed E-state index contributed by atoms with van der Waals surface area (Å²) in [5, 5.41) is 7.96. The predicted molar refractivity (Wildman–Crippen MR) is 85.6 cm³/mol. The Balaban J connectivity index is 1.45. The number of ether oxygens (including phenoxy) is 1. The lowest BCUT2D eigenvalue weighted by Crippen LogP contribution is -2.37. The minimum absolute atomic E-state index is 0.316. The van der Waals surface area contributed by atoms with E-state index in [1.54, 1.807) is 6.33 Å². The molecule has 122 valence electrons. The van der Waals surface area contributed by atoms with Gasteiger partial charge in [-0.15, -0.1) is 0 Å². The Bertz CT molecular complexity index is 680. The molecule has 0 aliphatic carbocycles. The van der Waals surface area contributed by atoms with E-state index in [4.69, 9.17) is 4.74 Å². The number of nitrogens with one attached hydrogen (secondary N) is 1. The lowest BCUT2D eigenvalue weighted by atomic mass is 10.1. The van der Waals surface area contributed by atoms with Crippen molar-refractivity contribution in [1.29, 1.82) is 0 Å². The van der Waals surface area contributed by atoms with E-state index in [0.29, 0.717) is 6.04 Å². The largest absolute Gasteiger partial charge is 0.378 e. The first-order valence-corrected chi connectivity index (χ1v) is 8.09. The molecule has 1 unspecified atom stereocenters. The molecule has 1 saturated heterocycles. The number of morpholine rings is 1. The zero-order chi connectivity index (χ0) is 15.6. The van der Waals surface area contributed by atoms with Gasteiger partial charge in [0.25, 0.3) is 0 Å². The Morgan fingerprint density at radius 2 is 2.13 bits per heavy atom. The minimum atomic E-state index is 0.316. The van der Waals surface area contributed by atoms with Gasteiger partial charge in [0.15, 0.2) is 0 Å². The Morgan fingerprint density at radius 1 is 1.26 bits per heavy atom. The van der Waals surface area contributed by atoms with Gasteiger partial charge in [-0.2, -0.15) is 5.10 Å².